The maximum atomic E-state index is 11.9. The molecule has 0 atom stereocenters. The molecule has 0 unspecified atom stereocenters. The van der Waals surface area contributed by atoms with Gasteiger partial charge in [-0.15, -0.1) is 0 Å². The first kappa shape index (κ1) is 10.4. The quantitative estimate of drug-likeness (QED) is 0.811. The van der Waals surface area contributed by atoms with Crippen LogP contribution in [0.3, 0.4) is 0 Å². The second-order valence-electron chi connectivity index (χ2n) is 4.86. The zero-order valence-electron chi connectivity index (χ0n) is 9.56. The Kier molecular flexibility index (Phi) is 2.24. The van der Waals surface area contributed by atoms with Crippen LogP contribution in [0.25, 0.3) is 0 Å². The molecule has 0 aromatic heterocycles. The van der Waals surface area contributed by atoms with Crippen molar-refractivity contribution in [1.82, 2.24) is 0 Å². The third-order valence-corrected chi connectivity index (χ3v) is 3.65. The normalized spacial score (nSPS) is 22.1. The highest BCUT2D eigenvalue weighted by Crippen LogP contribution is 2.40. The summed E-state index contributed by atoms with van der Waals surface area (Å²) in [7, 11) is 0. The Morgan fingerprint density at radius 3 is 2.47 bits per heavy atom. The molecule has 1 aliphatic heterocycles. The van der Waals surface area contributed by atoms with Crippen molar-refractivity contribution in [3.63, 3.8) is 0 Å². The smallest absolute Gasteiger partial charge is 0.415 e. The Hall–Kier alpha value is -1.71. The third kappa shape index (κ3) is 1.73. The molecule has 2 aliphatic rings. The highest BCUT2D eigenvalue weighted by atomic mass is 16.6. The van der Waals surface area contributed by atoms with Gasteiger partial charge in [-0.05, 0) is 49.9 Å². The van der Waals surface area contributed by atoms with Crippen molar-refractivity contribution in [3.8, 4) is 5.75 Å². The SMILES string of the molecule is O=C1OC2(CCCC2)CN1c1ccc(O)cc1. The summed E-state index contributed by atoms with van der Waals surface area (Å²) in [6, 6.07) is 6.65. The van der Waals surface area contributed by atoms with Gasteiger partial charge in [-0.2, -0.15) is 0 Å². The first-order chi connectivity index (χ1) is 8.19. The minimum atomic E-state index is -0.266. The lowest BCUT2D eigenvalue weighted by Gasteiger charge is -2.19. The Bertz CT molecular complexity index is 434. The number of ether oxygens (including phenoxy) is 1. The van der Waals surface area contributed by atoms with Crippen LogP contribution in [0.15, 0.2) is 24.3 Å². The van der Waals surface area contributed by atoms with Gasteiger partial charge >= 0.3 is 6.09 Å². The van der Waals surface area contributed by atoms with Gasteiger partial charge in [0.1, 0.15) is 11.4 Å². The third-order valence-electron chi connectivity index (χ3n) is 3.65. The number of rotatable bonds is 1. The summed E-state index contributed by atoms with van der Waals surface area (Å²) in [5.74, 6) is 0.205. The number of phenols is 1. The molecule has 1 spiro atoms. The van der Waals surface area contributed by atoms with Gasteiger partial charge in [0.05, 0.1) is 6.54 Å². The largest absolute Gasteiger partial charge is 0.508 e. The lowest BCUT2D eigenvalue weighted by atomic mass is 10.0. The van der Waals surface area contributed by atoms with E-state index in [1.165, 1.54) is 0 Å². The van der Waals surface area contributed by atoms with E-state index in [2.05, 4.69) is 0 Å². The molecule has 0 bridgehead atoms. The van der Waals surface area contributed by atoms with Crippen molar-refractivity contribution in [3.05, 3.63) is 24.3 Å². The van der Waals surface area contributed by atoms with Crippen LogP contribution in [0.2, 0.25) is 0 Å². The molecule has 17 heavy (non-hydrogen) atoms. The van der Waals surface area contributed by atoms with Crippen molar-refractivity contribution in [2.24, 2.45) is 0 Å². The predicted octanol–water partition coefficient (Wildman–Crippen LogP) is 2.66. The summed E-state index contributed by atoms with van der Waals surface area (Å²) in [5, 5.41) is 9.24. The summed E-state index contributed by atoms with van der Waals surface area (Å²) >= 11 is 0. The fraction of sp³-hybridized carbons (Fsp3) is 0.462. The van der Waals surface area contributed by atoms with Crippen LogP contribution in [0.4, 0.5) is 10.5 Å². The number of aromatic hydroxyl groups is 1. The van der Waals surface area contributed by atoms with Crippen LogP contribution >= 0.6 is 0 Å². The van der Waals surface area contributed by atoms with E-state index < -0.39 is 0 Å². The maximum Gasteiger partial charge on any atom is 0.415 e. The molecule has 1 aromatic carbocycles. The number of benzene rings is 1. The number of carbonyl (C=O) groups is 1. The van der Waals surface area contributed by atoms with Gasteiger partial charge < -0.3 is 9.84 Å². The Labute approximate surface area is 99.8 Å². The summed E-state index contributed by atoms with van der Waals surface area (Å²) in [4.78, 5) is 13.5. The number of phenolic OH excluding ortho intramolecular Hbond substituents is 1. The zero-order valence-corrected chi connectivity index (χ0v) is 9.56. The minimum absolute atomic E-state index is 0.205. The van der Waals surface area contributed by atoms with E-state index in [0.717, 1.165) is 31.4 Å². The topological polar surface area (TPSA) is 49.8 Å². The Morgan fingerprint density at radius 2 is 1.82 bits per heavy atom. The molecule has 0 radical (unpaired) electrons. The van der Waals surface area contributed by atoms with Gasteiger partial charge in [0.25, 0.3) is 0 Å². The van der Waals surface area contributed by atoms with Gasteiger partial charge in [0.15, 0.2) is 0 Å². The molecular weight excluding hydrogens is 218 g/mol. The van der Waals surface area contributed by atoms with Crippen molar-refractivity contribution < 1.29 is 14.6 Å². The van der Waals surface area contributed by atoms with Gasteiger partial charge in [0.2, 0.25) is 0 Å². The first-order valence-corrected chi connectivity index (χ1v) is 5.98. The molecule has 1 N–H and O–H groups in total. The van der Waals surface area contributed by atoms with Crippen molar-refractivity contribution in [1.29, 1.82) is 0 Å². The molecule has 4 heteroatoms. The van der Waals surface area contributed by atoms with Crippen LogP contribution in [0.5, 0.6) is 5.75 Å². The number of anilines is 1. The number of hydrogen-bond acceptors (Lipinski definition) is 3. The van der Waals surface area contributed by atoms with E-state index >= 15 is 0 Å². The van der Waals surface area contributed by atoms with Crippen LogP contribution < -0.4 is 4.90 Å². The highest BCUT2D eigenvalue weighted by Gasteiger charge is 2.47. The molecule has 1 aliphatic carbocycles. The van der Waals surface area contributed by atoms with Crippen molar-refractivity contribution in [2.75, 3.05) is 11.4 Å². The van der Waals surface area contributed by atoms with E-state index in [4.69, 9.17) is 4.74 Å². The van der Waals surface area contributed by atoms with Crippen LogP contribution in [-0.4, -0.2) is 23.3 Å². The first-order valence-electron chi connectivity index (χ1n) is 5.98. The summed E-state index contributed by atoms with van der Waals surface area (Å²) in [6.07, 6.45) is 3.94. The van der Waals surface area contributed by atoms with E-state index in [0.29, 0.717) is 6.54 Å². The van der Waals surface area contributed by atoms with Crippen LogP contribution in [0.1, 0.15) is 25.7 Å². The number of carbonyl (C=O) groups excluding carboxylic acids is 1. The molecular formula is C13H15NO3. The van der Waals surface area contributed by atoms with E-state index in [-0.39, 0.29) is 17.4 Å². The average molecular weight is 233 g/mol. The molecule has 3 rings (SSSR count). The van der Waals surface area contributed by atoms with Gasteiger partial charge in [-0.3, -0.25) is 4.90 Å². The van der Waals surface area contributed by atoms with Crippen LogP contribution in [-0.2, 0) is 4.74 Å². The highest BCUT2D eigenvalue weighted by molar-refractivity contribution is 5.90. The molecule has 90 valence electrons. The molecule has 2 fully saturated rings. The Balaban J connectivity index is 1.85. The Morgan fingerprint density at radius 1 is 1.18 bits per heavy atom. The summed E-state index contributed by atoms with van der Waals surface area (Å²) in [5.41, 5.74) is 0.534. The van der Waals surface area contributed by atoms with E-state index in [1.54, 1.807) is 29.2 Å². The lowest BCUT2D eigenvalue weighted by Crippen LogP contribution is -2.31. The standard InChI is InChI=1S/C13H15NO3/c15-11-5-3-10(4-6-11)14-9-13(17-12(14)16)7-1-2-8-13/h3-6,15H,1-2,7-9H2. The van der Waals surface area contributed by atoms with Crippen molar-refractivity contribution >= 4 is 11.8 Å². The fourth-order valence-corrected chi connectivity index (χ4v) is 2.73. The number of amides is 1. The fourth-order valence-electron chi connectivity index (χ4n) is 2.73. The summed E-state index contributed by atoms with van der Waals surface area (Å²) in [6.45, 7) is 0.636. The van der Waals surface area contributed by atoms with Crippen LogP contribution in [0, 0.1) is 0 Å². The maximum absolute atomic E-state index is 11.9. The molecule has 4 nitrogen and oxygen atoms in total. The molecule has 1 saturated heterocycles. The van der Waals surface area contributed by atoms with Gasteiger partial charge in [-0.25, -0.2) is 4.79 Å². The zero-order chi connectivity index (χ0) is 11.9. The lowest BCUT2D eigenvalue weighted by molar-refractivity contribution is 0.0629. The van der Waals surface area contributed by atoms with E-state index in [1.807, 2.05) is 0 Å². The van der Waals surface area contributed by atoms with Gasteiger partial charge in [-0.1, -0.05) is 0 Å². The second-order valence-corrected chi connectivity index (χ2v) is 4.86. The van der Waals surface area contributed by atoms with Gasteiger partial charge in [0, 0.05) is 5.69 Å². The molecule has 1 amide bonds. The monoisotopic (exact) mass is 233 g/mol. The van der Waals surface area contributed by atoms with Crippen molar-refractivity contribution in [2.45, 2.75) is 31.3 Å². The molecule has 1 saturated carbocycles. The summed E-state index contributed by atoms with van der Waals surface area (Å²) < 4.78 is 5.53. The molecule has 1 heterocycles. The predicted molar refractivity (Wildman–Crippen MR) is 63.1 cm³/mol. The van der Waals surface area contributed by atoms with E-state index in [9.17, 15) is 9.90 Å². The number of nitrogens with zero attached hydrogens (tertiary/aromatic N) is 1. The number of hydrogen-bond donors (Lipinski definition) is 1. The molecule has 1 aromatic rings. The second kappa shape index (κ2) is 3.65. The minimum Gasteiger partial charge on any atom is -0.508 e. The average Bonchev–Trinajstić information content (AvgIpc) is 2.88.